The van der Waals surface area contributed by atoms with Gasteiger partial charge in [0.1, 0.15) is 0 Å². The molecule has 1 unspecified atom stereocenters. The summed E-state index contributed by atoms with van der Waals surface area (Å²) >= 11 is 0. The normalized spacial score (nSPS) is 25.0. The summed E-state index contributed by atoms with van der Waals surface area (Å²) in [5.74, 6) is 0.980. The van der Waals surface area contributed by atoms with Crippen molar-refractivity contribution in [3.63, 3.8) is 0 Å². The quantitative estimate of drug-likeness (QED) is 0.718. The first kappa shape index (κ1) is 19.6. The summed E-state index contributed by atoms with van der Waals surface area (Å²) in [6.07, 6.45) is 10.5. The SMILES string of the molecule is CN1CCC(OCCCNC(=O)C2CN(c3ncccn3)CC23CCC3)CC1. The number of nitrogens with zero attached hydrogens (tertiary/aromatic N) is 4. The van der Waals surface area contributed by atoms with Crippen LogP contribution in [0.25, 0.3) is 0 Å². The van der Waals surface area contributed by atoms with Gasteiger partial charge in [0.25, 0.3) is 0 Å². The molecule has 3 fully saturated rings. The number of carbonyl (C=O) groups excluding carboxylic acids is 1. The molecule has 0 bridgehead atoms. The van der Waals surface area contributed by atoms with E-state index in [1.165, 1.54) is 6.42 Å². The lowest BCUT2D eigenvalue weighted by atomic mass is 9.62. The van der Waals surface area contributed by atoms with Crippen LogP contribution < -0.4 is 10.2 Å². The predicted octanol–water partition coefficient (Wildman–Crippen LogP) is 1.70. The van der Waals surface area contributed by atoms with Gasteiger partial charge >= 0.3 is 0 Å². The number of hydrogen-bond donors (Lipinski definition) is 1. The maximum absolute atomic E-state index is 12.9. The number of anilines is 1. The molecule has 2 saturated heterocycles. The van der Waals surface area contributed by atoms with E-state index in [1.807, 2.05) is 6.07 Å². The van der Waals surface area contributed by atoms with Crippen LogP contribution in [0.1, 0.15) is 38.5 Å². The van der Waals surface area contributed by atoms with Crippen molar-refractivity contribution in [3.8, 4) is 0 Å². The lowest BCUT2D eigenvalue weighted by molar-refractivity contribution is -0.129. The molecule has 1 aliphatic carbocycles. The van der Waals surface area contributed by atoms with E-state index < -0.39 is 0 Å². The number of hydrogen-bond acceptors (Lipinski definition) is 6. The van der Waals surface area contributed by atoms with Gasteiger partial charge in [0.05, 0.1) is 12.0 Å². The van der Waals surface area contributed by atoms with E-state index in [4.69, 9.17) is 4.74 Å². The van der Waals surface area contributed by atoms with Crippen molar-refractivity contribution in [2.24, 2.45) is 11.3 Å². The molecule has 0 radical (unpaired) electrons. The molecule has 154 valence electrons. The van der Waals surface area contributed by atoms with Crippen LogP contribution >= 0.6 is 0 Å². The van der Waals surface area contributed by atoms with Gasteiger partial charge in [0.15, 0.2) is 0 Å². The van der Waals surface area contributed by atoms with Crippen LogP contribution in [-0.2, 0) is 9.53 Å². The highest BCUT2D eigenvalue weighted by Crippen LogP contribution is 2.52. The fourth-order valence-corrected chi connectivity index (χ4v) is 4.88. The van der Waals surface area contributed by atoms with Crippen LogP contribution in [0.3, 0.4) is 0 Å². The van der Waals surface area contributed by atoms with E-state index in [2.05, 4.69) is 32.1 Å². The standard InChI is InChI=1S/C21H33N5O2/c1-25-12-5-17(6-13-25)28-14-4-11-22-19(27)18-15-26(16-21(18)7-2-8-21)20-23-9-3-10-24-20/h3,9-10,17-18H,2,4-8,11-16H2,1H3,(H,22,27). The maximum Gasteiger partial charge on any atom is 0.225 e. The Kier molecular flexibility index (Phi) is 6.11. The summed E-state index contributed by atoms with van der Waals surface area (Å²) in [6.45, 7) is 5.28. The minimum absolute atomic E-state index is 0.0415. The Labute approximate surface area is 167 Å². The molecule has 1 amide bonds. The minimum atomic E-state index is 0.0415. The van der Waals surface area contributed by atoms with E-state index in [0.717, 1.165) is 70.8 Å². The molecule has 1 spiro atoms. The van der Waals surface area contributed by atoms with E-state index in [9.17, 15) is 4.79 Å². The highest BCUT2D eigenvalue weighted by Gasteiger charge is 2.53. The fraction of sp³-hybridized carbons (Fsp3) is 0.762. The zero-order valence-electron chi connectivity index (χ0n) is 17.0. The number of likely N-dealkylation sites (tertiary alicyclic amines) is 1. The van der Waals surface area contributed by atoms with E-state index >= 15 is 0 Å². The van der Waals surface area contributed by atoms with Gasteiger partial charge < -0.3 is 19.9 Å². The largest absolute Gasteiger partial charge is 0.378 e. The predicted molar refractivity (Wildman–Crippen MR) is 108 cm³/mol. The molecule has 1 atom stereocenters. The Hall–Kier alpha value is -1.73. The fourth-order valence-electron chi connectivity index (χ4n) is 4.88. The number of piperidine rings is 1. The molecule has 1 aromatic heterocycles. The van der Waals surface area contributed by atoms with Crippen molar-refractivity contribution >= 4 is 11.9 Å². The second-order valence-electron chi connectivity index (χ2n) is 8.72. The molecule has 7 heteroatoms. The van der Waals surface area contributed by atoms with E-state index in [-0.39, 0.29) is 17.2 Å². The number of carbonyl (C=O) groups is 1. The van der Waals surface area contributed by atoms with Crippen molar-refractivity contribution in [2.75, 3.05) is 51.3 Å². The number of rotatable bonds is 7. The van der Waals surface area contributed by atoms with Crippen molar-refractivity contribution in [2.45, 2.75) is 44.6 Å². The summed E-state index contributed by atoms with van der Waals surface area (Å²) in [7, 11) is 2.16. The summed E-state index contributed by atoms with van der Waals surface area (Å²) in [5.41, 5.74) is 0.119. The summed E-state index contributed by atoms with van der Waals surface area (Å²) in [5, 5.41) is 3.17. The number of aromatic nitrogens is 2. The summed E-state index contributed by atoms with van der Waals surface area (Å²) in [6, 6.07) is 1.83. The monoisotopic (exact) mass is 387 g/mol. The van der Waals surface area contributed by atoms with E-state index in [0.29, 0.717) is 12.6 Å². The summed E-state index contributed by atoms with van der Waals surface area (Å²) < 4.78 is 5.98. The second kappa shape index (κ2) is 8.74. The van der Waals surface area contributed by atoms with Gasteiger partial charge in [-0.3, -0.25) is 4.79 Å². The first-order valence-corrected chi connectivity index (χ1v) is 10.8. The van der Waals surface area contributed by atoms with Gasteiger partial charge in [-0.05, 0) is 45.2 Å². The average Bonchev–Trinajstić information content (AvgIpc) is 3.11. The third kappa shape index (κ3) is 4.30. The molecule has 1 aromatic rings. The third-order valence-electron chi connectivity index (χ3n) is 6.79. The smallest absolute Gasteiger partial charge is 0.225 e. The molecular formula is C21H33N5O2. The van der Waals surface area contributed by atoms with Crippen LogP contribution in [-0.4, -0.2) is 73.3 Å². The van der Waals surface area contributed by atoms with Gasteiger partial charge in [0, 0.05) is 57.1 Å². The van der Waals surface area contributed by atoms with Gasteiger partial charge in [-0.15, -0.1) is 0 Å². The molecule has 2 aliphatic heterocycles. The molecule has 1 saturated carbocycles. The maximum atomic E-state index is 12.9. The zero-order valence-corrected chi connectivity index (χ0v) is 17.0. The average molecular weight is 388 g/mol. The van der Waals surface area contributed by atoms with Gasteiger partial charge in [0.2, 0.25) is 11.9 Å². The second-order valence-corrected chi connectivity index (χ2v) is 8.72. The highest BCUT2D eigenvalue weighted by molar-refractivity contribution is 5.81. The van der Waals surface area contributed by atoms with Gasteiger partial charge in [-0.25, -0.2) is 9.97 Å². The van der Waals surface area contributed by atoms with Crippen LogP contribution in [0.15, 0.2) is 18.5 Å². The third-order valence-corrected chi connectivity index (χ3v) is 6.79. The molecule has 28 heavy (non-hydrogen) atoms. The minimum Gasteiger partial charge on any atom is -0.378 e. The molecule has 3 heterocycles. The van der Waals surface area contributed by atoms with Crippen LogP contribution in [0.4, 0.5) is 5.95 Å². The zero-order chi connectivity index (χ0) is 19.4. The number of nitrogens with one attached hydrogen (secondary N) is 1. The highest BCUT2D eigenvalue weighted by atomic mass is 16.5. The number of ether oxygens (including phenoxy) is 1. The van der Waals surface area contributed by atoms with Crippen molar-refractivity contribution in [1.82, 2.24) is 20.2 Å². The van der Waals surface area contributed by atoms with Crippen LogP contribution in [0.5, 0.6) is 0 Å². The van der Waals surface area contributed by atoms with Crippen molar-refractivity contribution in [1.29, 1.82) is 0 Å². The first-order chi connectivity index (χ1) is 13.7. The van der Waals surface area contributed by atoms with E-state index in [1.54, 1.807) is 12.4 Å². The van der Waals surface area contributed by atoms with Gasteiger partial charge in [-0.1, -0.05) is 6.42 Å². The molecule has 7 nitrogen and oxygen atoms in total. The Balaban J connectivity index is 1.21. The van der Waals surface area contributed by atoms with Crippen molar-refractivity contribution in [3.05, 3.63) is 18.5 Å². The molecule has 3 aliphatic rings. The summed E-state index contributed by atoms with van der Waals surface area (Å²) in [4.78, 5) is 26.2. The Morgan fingerprint density at radius 3 is 2.71 bits per heavy atom. The lowest BCUT2D eigenvalue weighted by Gasteiger charge is -2.41. The van der Waals surface area contributed by atoms with Gasteiger partial charge in [-0.2, -0.15) is 0 Å². The first-order valence-electron chi connectivity index (χ1n) is 10.8. The Bertz CT molecular complexity index is 643. The molecule has 4 rings (SSSR count). The van der Waals surface area contributed by atoms with Crippen LogP contribution in [0.2, 0.25) is 0 Å². The number of amides is 1. The molecule has 0 aromatic carbocycles. The molecule has 1 N–H and O–H groups in total. The lowest BCUT2D eigenvalue weighted by Crippen LogP contribution is -2.45. The Morgan fingerprint density at radius 2 is 2.04 bits per heavy atom. The van der Waals surface area contributed by atoms with Crippen LogP contribution in [0, 0.1) is 11.3 Å². The topological polar surface area (TPSA) is 70.6 Å². The molecular weight excluding hydrogens is 354 g/mol. The van der Waals surface area contributed by atoms with Crippen molar-refractivity contribution < 1.29 is 9.53 Å². The Morgan fingerprint density at radius 1 is 1.29 bits per heavy atom.